The van der Waals surface area contributed by atoms with Crippen LogP contribution in [0.3, 0.4) is 0 Å². The summed E-state index contributed by atoms with van der Waals surface area (Å²) in [5.74, 6) is 0.718. The first-order valence-electron chi connectivity index (χ1n) is 8.48. The molecule has 0 radical (unpaired) electrons. The summed E-state index contributed by atoms with van der Waals surface area (Å²) in [6, 6.07) is 14.4. The standard InChI is InChI=1S/C21H19ClFN3O2/c1-26(2)20-16(17-12-15(28-3)8-10-18(17)23)9-11-19(24-20)25-21(27)13-4-6-14(22)7-5-13/h4-12H,1-3H3,(H,24,25,27). The lowest BCUT2D eigenvalue weighted by molar-refractivity contribution is 0.102. The molecule has 1 N–H and O–H groups in total. The normalized spacial score (nSPS) is 10.5. The maximum atomic E-state index is 14.4. The number of nitrogens with one attached hydrogen (secondary N) is 1. The summed E-state index contributed by atoms with van der Waals surface area (Å²) in [5, 5.41) is 3.30. The molecule has 0 fully saturated rings. The predicted octanol–water partition coefficient (Wildman–Crippen LogP) is 4.87. The number of hydrogen-bond donors (Lipinski definition) is 1. The lowest BCUT2D eigenvalue weighted by Crippen LogP contribution is -2.16. The van der Waals surface area contributed by atoms with Gasteiger partial charge in [-0.1, -0.05) is 11.6 Å². The molecule has 0 saturated heterocycles. The van der Waals surface area contributed by atoms with Crippen LogP contribution in [0, 0.1) is 5.82 Å². The smallest absolute Gasteiger partial charge is 0.256 e. The van der Waals surface area contributed by atoms with Crippen molar-refractivity contribution in [1.82, 2.24) is 4.98 Å². The molecule has 0 bridgehead atoms. The van der Waals surface area contributed by atoms with Gasteiger partial charge in [-0.25, -0.2) is 9.37 Å². The van der Waals surface area contributed by atoms with Crippen LogP contribution in [0.15, 0.2) is 54.6 Å². The first-order chi connectivity index (χ1) is 13.4. The van der Waals surface area contributed by atoms with Crippen molar-refractivity contribution in [1.29, 1.82) is 0 Å². The van der Waals surface area contributed by atoms with Crippen LogP contribution in [0.25, 0.3) is 11.1 Å². The number of halogens is 2. The molecular formula is C21H19ClFN3O2. The fourth-order valence-electron chi connectivity index (χ4n) is 2.70. The molecule has 0 saturated carbocycles. The van der Waals surface area contributed by atoms with Gasteiger partial charge in [0, 0.05) is 35.8 Å². The number of carbonyl (C=O) groups is 1. The Morgan fingerprint density at radius 3 is 2.43 bits per heavy atom. The third-order valence-corrected chi connectivity index (χ3v) is 4.36. The van der Waals surface area contributed by atoms with Gasteiger partial charge in [0.05, 0.1) is 7.11 Å². The van der Waals surface area contributed by atoms with Crippen LogP contribution in [-0.4, -0.2) is 32.1 Å². The second-order valence-electron chi connectivity index (χ2n) is 6.27. The highest BCUT2D eigenvalue weighted by Gasteiger charge is 2.16. The van der Waals surface area contributed by atoms with Gasteiger partial charge in [-0.05, 0) is 54.6 Å². The van der Waals surface area contributed by atoms with E-state index >= 15 is 0 Å². The van der Waals surface area contributed by atoms with E-state index in [1.807, 2.05) is 0 Å². The zero-order valence-electron chi connectivity index (χ0n) is 15.7. The number of ether oxygens (including phenoxy) is 1. The Balaban J connectivity index is 1.95. The summed E-state index contributed by atoms with van der Waals surface area (Å²) >= 11 is 5.85. The number of anilines is 2. The van der Waals surface area contributed by atoms with Gasteiger partial charge in [0.1, 0.15) is 23.2 Å². The Hall–Kier alpha value is -3.12. The summed E-state index contributed by atoms with van der Waals surface area (Å²) in [4.78, 5) is 18.7. The van der Waals surface area contributed by atoms with Crippen LogP contribution < -0.4 is 15.0 Å². The first-order valence-corrected chi connectivity index (χ1v) is 8.86. The molecule has 0 aliphatic carbocycles. The summed E-state index contributed by atoms with van der Waals surface area (Å²) in [7, 11) is 5.13. The van der Waals surface area contributed by atoms with Crippen molar-refractivity contribution in [3.63, 3.8) is 0 Å². The van der Waals surface area contributed by atoms with Gasteiger partial charge in [-0.3, -0.25) is 4.79 Å². The van der Waals surface area contributed by atoms with Crippen molar-refractivity contribution in [3.05, 3.63) is 71.0 Å². The minimum atomic E-state index is -0.386. The number of pyridine rings is 1. The van der Waals surface area contributed by atoms with Crippen molar-refractivity contribution >= 4 is 29.1 Å². The maximum Gasteiger partial charge on any atom is 0.256 e. The molecule has 7 heteroatoms. The summed E-state index contributed by atoms with van der Waals surface area (Å²) in [6.07, 6.45) is 0. The van der Waals surface area contributed by atoms with Crippen molar-refractivity contribution in [2.45, 2.75) is 0 Å². The average Bonchev–Trinajstić information content (AvgIpc) is 2.69. The van der Waals surface area contributed by atoms with Gasteiger partial charge < -0.3 is 15.0 Å². The van der Waals surface area contributed by atoms with Crippen molar-refractivity contribution in [2.75, 3.05) is 31.4 Å². The quantitative estimate of drug-likeness (QED) is 0.665. The number of benzene rings is 2. The Kier molecular flexibility index (Phi) is 5.80. The second-order valence-corrected chi connectivity index (χ2v) is 6.71. The second kappa shape index (κ2) is 8.27. The minimum absolute atomic E-state index is 0.311. The van der Waals surface area contributed by atoms with Crippen LogP contribution in [0.4, 0.5) is 16.0 Å². The molecule has 28 heavy (non-hydrogen) atoms. The lowest BCUT2D eigenvalue weighted by Gasteiger charge is -2.18. The molecule has 144 valence electrons. The number of aromatic nitrogens is 1. The van der Waals surface area contributed by atoms with Gasteiger partial charge in [-0.15, -0.1) is 0 Å². The third kappa shape index (κ3) is 4.23. The average molecular weight is 400 g/mol. The van der Waals surface area contributed by atoms with Crippen LogP contribution in [-0.2, 0) is 0 Å². The minimum Gasteiger partial charge on any atom is -0.497 e. The topological polar surface area (TPSA) is 54.5 Å². The first kappa shape index (κ1) is 19.6. The number of amides is 1. The van der Waals surface area contributed by atoms with Gasteiger partial charge in [0.25, 0.3) is 5.91 Å². The molecule has 2 aromatic carbocycles. The van der Waals surface area contributed by atoms with Crippen molar-refractivity contribution < 1.29 is 13.9 Å². The van der Waals surface area contributed by atoms with E-state index in [2.05, 4.69) is 10.3 Å². The van der Waals surface area contributed by atoms with Gasteiger partial charge in [-0.2, -0.15) is 0 Å². The molecule has 1 aromatic heterocycles. The molecule has 0 aliphatic rings. The van der Waals surface area contributed by atoms with E-state index in [4.69, 9.17) is 16.3 Å². The predicted molar refractivity (Wildman–Crippen MR) is 110 cm³/mol. The van der Waals surface area contributed by atoms with Crippen molar-refractivity contribution in [3.8, 4) is 16.9 Å². The molecular weight excluding hydrogens is 381 g/mol. The molecule has 3 rings (SSSR count). The Bertz CT molecular complexity index is 1010. The zero-order valence-corrected chi connectivity index (χ0v) is 16.4. The van der Waals surface area contributed by atoms with Crippen LogP contribution in [0.2, 0.25) is 5.02 Å². The van der Waals surface area contributed by atoms with Crippen LogP contribution >= 0.6 is 11.6 Å². The van der Waals surface area contributed by atoms with Crippen LogP contribution in [0.1, 0.15) is 10.4 Å². The largest absolute Gasteiger partial charge is 0.497 e. The van der Waals surface area contributed by atoms with E-state index in [9.17, 15) is 9.18 Å². The van der Waals surface area contributed by atoms with E-state index < -0.39 is 0 Å². The molecule has 0 spiro atoms. The zero-order chi connectivity index (χ0) is 20.3. The van der Waals surface area contributed by atoms with E-state index in [1.54, 1.807) is 67.5 Å². The number of nitrogens with zero attached hydrogens (tertiary/aromatic N) is 2. The highest BCUT2D eigenvalue weighted by atomic mass is 35.5. The van der Waals surface area contributed by atoms with Crippen LogP contribution in [0.5, 0.6) is 5.75 Å². The molecule has 0 atom stereocenters. The van der Waals surface area contributed by atoms with E-state index in [1.165, 1.54) is 13.2 Å². The van der Waals surface area contributed by atoms with Gasteiger partial charge >= 0.3 is 0 Å². The Morgan fingerprint density at radius 1 is 1.07 bits per heavy atom. The van der Waals surface area contributed by atoms with E-state index in [-0.39, 0.29) is 11.7 Å². The fourth-order valence-corrected chi connectivity index (χ4v) is 2.82. The SMILES string of the molecule is COc1ccc(F)c(-c2ccc(NC(=O)c3ccc(Cl)cc3)nc2N(C)C)c1. The number of methoxy groups -OCH3 is 1. The fraction of sp³-hybridized carbons (Fsp3) is 0.143. The molecule has 5 nitrogen and oxygen atoms in total. The number of hydrogen-bond acceptors (Lipinski definition) is 4. The maximum absolute atomic E-state index is 14.4. The third-order valence-electron chi connectivity index (χ3n) is 4.11. The molecule has 1 heterocycles. The molecule has 3 aromatic rings. The Morgan fingerprint density at radius 2 is 1.79 bits per heavy atom. The summed E-state index contributed by atoms with van der Waals surface area (Å²) in [5.41, 5.74) is 1.41. The van der Waals surface area contributed by atoms with Crippen molar-refractivity contribution in [2.24, 2.45) is 0 Å². The Labute approximate surface area is 167 Å². The number of carbonyl (C=O) groups excluding carboxylic acids is 1. The van der Waals surface area contributed by atoms with Gasteiger partial charge in [0.15, 0.2) is 0 Å². The lowest BCUT2D eigenvalue weighted by atomic mass is 10.0. The molecule has 1 amide bonds. The molecule has 0 unspecified atom stereocenters. The van der Waals surface area contributed by atoms with Gasteiger partial charge in [0.2, 0.25) is 0 Å². The number of rotatable bonds is 5. The molecule has 0 aliphatic heterocycles. The monoisotopic (exact) mass is 399 g/mol. The highest BCUT2D eigenvalue weighted by Crippen LogP contribution is 2.33. The highest BCUT2D eigenvalue weighted by molar-refractivity contribution is 6.30. The summed E-state index contributed by atoms with van der Waals surface area (Å²) < 4.78 is 19.6. The van der Waals surface area contributed by atoms with E-state index in [0.717, 1.165) is 0 Å². The summed E-state index contributed by atoms with van der Waals surface area (Å²) in [6.45, 7) is 0. The van der Waals surface area contributed by atoms with E-state index in [0.29, 0.717) is 39.1 Å².